The quantitative estimate of drug-likeness (QED) is 0.717. The molecule has 1 aliphatic heterocycles. The summed E-state index contributed by atoms with van der Waals surface area (Å²) >= 11 is 0. The zero-order chi connectivity index (χ0) is 21.0. The first-order valence-electron chi connectivity index (χ1n) is 10.7. The summed E-state index contributed by atoms with van der Waals surface area (Å²) < 4.78 is 16.5. The Morgan fingerprint density at radius 3 is 2.77 bits per heavy atom. The molecular weight excluding hydrogens is 382 g/mol. The van der Waals surface area contributed by atoms with Gasteiger partial charge in [0.2, 0.25) is 0 Å². The lowest BCUT2D eigenvalue weighted by Gasteiger charge is -2.52. The van der Waals surface area contributed by atoms with Crippen molar-refractivity contribution in [2.24, 2.45) is 11.3 Å². The predicted octanol–water partition coefficient (Wildman–Crippen LogP) is 2.66. The van der Waals surface area contributed by atoms with Crippen molar-refractivity contribution >= 4 is 5.91 Å². The second-order valence-corrected chi connectivity index (χ2v) is 8.85. The van der Waals surface area contributed by atoms with Crippen molar-refractivity contribution < 1.29 is 18.8 Å². The monoisotopic (exact) mass is 413 g/mol. The third kappa shape index (κ3) is 5.02. The van der Waals surface area contributed by atoms with E-state index in [1.807, 2.05) is 30.3 Å². The van der Waals surface area contributed by atoms with Gasteiger partial charge in [-0.2, -0.15) is 0 Å². The van der Waals surface area contributed by atoms with E-state index in [4.69, 9.17) is 14.0 Å². The number of nitrogens with one attached hydrogen (secondary N) is 1. The molecule has 0 spiro atoms. The minimum Gasteiger partial charge on any atom is -0.484 e. The fourth-order valence-corrected chi connectivity index (χ4v) is 4.27. The topological polar surface area (TPSA) is 76.8 Å². The number of carbonyl (C=O) groups excluding carboxylic acids is 1. The van der Waals surface area contributed by atoms with Crippen LogP contribution in [0.5, 0.6) is 5.75 Å². The molecule has 2 heterocycles. The van der Waals surface area contributed by atoms with Gasteiger partial charge >= 0.3 is 0 Å². The van der Waals surface area contributed by atoms with E-state index in [1.54, 1.807) is 0 Å². The number of rotatable bonds is 8. The highest BCUT2D eigenvalue weighted by atomic mass is 16.5. The van der Waals surface area contributed by atoms with Gasteiger partial charge in [-0.3, -0.25) is 9.69 Å². The van der Waals surface area contributed by atoms with E-state index in [9.17, 15) is 4.79 Å². The lowest BCUT2D eigenvalue weighted by Crippen LogP contribution is -2.59. The standard InChI is InChI=1S/C23H31N3O4/c1-23(2)17(12-18-14-20(30-25-18)15-26-8-10-28-11-9-26)13-21(23)24-22(27)16-29-19-6-4-3-5-7-19/h3-7,14,17,21H,8-13,15-16H2,1-2H3,(H,24,27). The molecule has 1 saturated heterocycles. The summed E-state index contributed by atoms with van der Waals surface area (Å²) in [6.07, 6.45) is 1.81. The minimum atomic E-state index is -0.0791. The molecule has 2 atom stereocenters. The summed E-state index contributed by atoms with van der Waals surface area (Å²) in [4.78, 5) is 14.6. The molecule has 1 amide bonds. The number of carbonyl (C=O) groups is 1. The van der Waals surface area contributed by atoms with E-state index >= 15 is 0 Å². The zero-order valence-electron chi connectivity index (χ0n) is 17.8. The average molecular weight is 414 g/mol. The molecule has 1 aromatic carbocycles. The van der Waals surface area contributed by atoms with Gasteiger partial charge in [0, 0.05) is 25.2 Å². The number of para-hydroxylation sites is 1. The van der Waals surface area contributed by atoms with Gasteiger partial charge in [-0.05, 0) is 36.3 Å². The summed E-state index contributed by atoms with van der Waals surface area (Å²) in [7, 11) is 0. The van der Waals surface area contributed by atoms with E-state index in [1.165, 1.54) is 0 Å². The molecule has 2 fully saturated rings. The molecule has 1 saturated carbocycles. The molecular formula is C23H31N3O4. The van der Waals surface area contributed by atoms with Gasteiger partial charge in [0.1, 0.15) is 5.75 Å². The SMILES string of the molecule is CC1(C)C(Cc2cc(CN3CCOCC3)on2)CC1NC(=O)COc1ccccc1. The van der Waals surface area contributed by atoms with Crippen LogP contribution in [0.2, 0.25) is 0 Å². The molecule has 2 aliphatic rings. The van der Waals surface area contributed by atoms with Crippen molar-refractivity contribution in [2.75, 3.05) is 32.9 Å². The average Bonchev–Trinajstić information content (AvgIpc) is 3.20. The summed E-state index contributed by atoms with van der Waals surface area (Å²) in [5.41, 5.74) is 1.000. The Kier molecular flexibility index (Phi) is 6.39. The molecule has 0 radical (unpaired) electrons. The van der Waals surface area contributed by atoms with Crippen LogP contribution in [0.15, 0.2) is 40.9 Å². The molecule has 2 aromatic rings. The fourth-order valence-electron chi connectivity index (χ4n) is 4.27. The van der Waals surface area contributed by atoms with Crippen molar-refractivity contribution in [3.63, 3.8) is 0 Å². The molecule has 7 nitrogen and oxygen atoms in total. The number of nitrogens with zero attached hydrogens (tertiary/aromatic N) is 2. The summed E-state index contributed by atoms with van der Waals surface area (Å²) in [6.45, 7) is 8.65. The van der Waals surface area contributed by atoms with E-state index in [2.05, 4.69) is 35.3 Å². The van der Waals surface area contributed by atoms with Crippen molar-refractivity contribution in [2.45, 2.75) is 39.3 Å². The van der Waals surface area contributed by atoms with Crippen LogP contribution >= 0.6 is 0 Å². The third-order valence-corrected chi connectivity index (χ3v) is 6.47. The van der Waals surface area contributed by atoms with Crippen molar-refractivity contribution in [1.29, 1.82) is 0 Å². The van der Waals surface area contributed by atoms with E-state index in [0.717, 1.165) is 57.1 Å². The highest BCUT2D eigenvalue weighted by Gasteiger charge is 2.48. The largest absolute Gasteiger partial charge is 0.484 e. The number of morpholine rings is 1. The van der Waals surface area contributed by atoms with Gasteiger partial charge in [-0.25, -0.2) is 0 Å². The molecule has 30 heavy (non-hydrogen) atoms. The lowest BCUT2D eigenvalue weighted by molar-refractivity contribution is -0.127. The number of hydrogen-bond acceptors (Lipinski definition) is 6. The Morgan fingerprint density at radius 1 is 1.27 bits per heavy atom. The van der Waals surface area contributed by atoms with Crippen molar-refractivity contribution in [1.82, 2.24) is 15.4 Å². The van der Waals surface area contributed by atoms with Crippen LogP contribution in [0.3, 0.4) is 0 Å². The van der Waals surface area contributed by atoms with E-state index in [0.29, 0.717) is 11.7 Å². The predicted molar refractivity (Wildman–Crippen MR) is 112 cm³/mol. The number of benzene rings is 1. The van der Waals surface area contributed by atoms with Crippen molar-refractivity contribution in [3.05, 3.63) is 47.9 Å². The van der Waals surface area contributed by atoms with Crippen LogP contribution in [0.25, 0.3) is 0 Å². The van der Waals surface area contributed by atoms with Gasteiger partial charge in [0.25, 0.3) is 5.91 Å². The zero-order valence-corrected chi connectivity index (χ0v) is 17.8. The molecule has 1 aromatic heterocycles. The molecule has 162 valence electrons. The van der Waals surface area contributed by atoms with Gasteiger partial charge in [-0.15, -0.1) is 0 Å². The highest BCUT2D eigenvalue weighted by molar-refractivity contribution is 5.78. The lowest BCUT2D eigenvalue weighted by atomic mass is 9.57. The summed E-state index contributed by atoms with van der Waals surface area (Å²) in [6, 6.07) is 11.6. The van der Waals surface area contributed by atoms with Crippen LogP contribution < -0.4 is 10.1 Å². The Bertz CT molecular complexity index is 830. The maximum Gasteiger partial charge on any atom is 0.258 e. The first kappa shape index (κ1) is 20.9. The first-order chi connectivity index (χ1) is 14.5. The number of amides is 1. The summed E-state index contributed by atoms with van der Waals surface area (Å²) in [5.74, 6) is 1.99. The van der Waals surface area contributed by atoms with Crippen LogP contribution in [0.4, 0.5) is 0 Å². The molecule has 1 N–H and O–H groups in total. The van der Waals surface area contributed by atoms with Gasteiger partial charge in [-0.1, -0.05) is 37.2 Å². The molecule has 4 rings (SSSR count). The Hall–Kier alpha value is -2.38. The van der Waals surface area contributed by atoms with Crippen LogP contribution in [-0.4, -0.2) is 54.9 Å². The first-order valence-corrected chi connectivity index (χ1v) is 10.7. The summed E-state index contributed by atoms with van der Waals surface area (Å²) in [5, 5.41) is 7.40. The van der Waals surface area contributed by atoms with Crippen LogP contribution in [0.1, 0.15) is 31.7 Å². The second-order valence-electron chi connectivity index (χ2n) is 8.85. The minimum absolute atomic E-state index is 0.00568. The van der Waals surface area contributed by atoms with E-state index in [-0.39, 0.29) is 24.0 Å². The molecule has 7 heteroatoms. The maximum absolute atomic E-state index is 12.3. The maximum atomic E-state index is 12.3. The van der Waals surface area contributed by atoms with Gasteiger partial charge in [0.05, 0.1) is 25.5 Å². The van der Waals surface area contributed by atoms with E-state index < -0.39 is 0 Å². The third-order valence-electron chi connectivity index (χ3n) is 6.47. The van der Waals surface area contributed by atoms with Crippen molar-refractivity contribution in [3.8, 4) is 5.75 Å². The molecule has 1 aliphatic carbocycles. The molecule has 2 unspecified atom stereocenters. The Labute approximate surface area is 177 Å². The highest BCUT2D eigenvalue weighted by Crippen LogP contribution is 2.47. The Morgan fingerprint density at radius 2 is 2.03 bits per heavy atom. The van der Waals surface area contributed by atoms with Gasteiger partial charge < -0.3 is 19.3 Å². The molecule has 0 bridgehead atoms. The van der Waals surface area contributed by atoms with Gasteiger partial charge in [0.15, 0.2) is 12.4 Å². The Balaban J connectivity index is 1.22. The fraction of sp³-hybridized carbons (Fsp3) is 0.565. The van der Waals surface area contributed by atoms with Crippen LogP contribution in [0, 0.1) is 11.3 Å². The second kappa shape index (κ2) is 9.18. The number of aromatic nitrogens is 1. The number of hydrogen-bond donors (Lipinski definition) is 1. The smallest absolute Gasteiger partial charge is 0.258 e. The van der Waals surface area contributed by atoms with Crippen LogP contribution in [-0.2, 0) is 22.5 Å². The normalized spacial score (nSPS) is 23.5. The number of ether oxygens (including phenoxy) is 2.